The minimum atomic E-state index is 1.06. The van der Waals surface area contributed by atoms with E-state index in [0.717, 1.165) is 38.5 Å². The third kappa shape index (κ3) is 11.8. The molecule has 0 unspecified atom stereocenters. The van der Waals surface area contributed by atoms with Crippen LogP contribution in [0.1, 0.15) is 108 Å². The van der Waals surface area contributed by atoms with Gasteiger partial charge in [0.05, 0.1) is 0 Å². The second-order valence-electron chi connectivity index (χ2n) is 19.0. The average Bonchev–Trinajstić information content (AvgIpc) is 3.32. The van der Waals surface area contributed by atoms with Crippen LogP contribution in [-0.2, 0) is 38.5 Å². The molecule has 0 fully saturated rings. The summed E-state index contributed by atoms with van der Waals surface area (Å²) in [6.07, 6.45) is 6.36. The van der Waals surface area contributed by atoms with Crippen molar-refractivity contribution in [3.05, 3.63) is 212 Å². The molecule has 0 bridgehead atoms. The first-order chi connectivity index (χ1) is 31.8. The summed E-state index contributed by atoms with van der Waals surface area (Å²) in [4.78, 5) is 0. The summed E-state index contributed by atoms with van der Waals surface area (Å²) in [6.45, 7) is 26.6. The lowest BCUT2D eigenvalue weighted by atomic mass is 9.89. The van der Waals surface area contributed by atoms with Crippen LogP contribution in [0.5, 0.6) is 0 Å². The highest BCUT2D eigenvalue weighted by Crippen LogP contribution is 2.37. The van der Waals surface area contributed by atoms with Gasteiger partial charge < -0.3 is 0 Å². The Hall–Kier alpha value is -6.24. The van der Waals surface area contributed by atoms with Gasteiger partial charge >= 0.3 is 0 Å². The van der Waals surface area contributed by atoms with Gasteiger partial charge in [-0.1, -0.05) is 184 Å². The molecule has 0 heterocycles. The zero-order valence-electron chi connectivity index (χ0n) is 42.1. The van der Waals surface area contributed by atoms with Crippen LogP contribution in [0.4, 0.5) is 0 Å². The van der Waals surface area contributed by atoms with Gasteiger partial charge in [0.2, 0.25) is 0 Å². The van der Waals surface area contributed by atoms with Crippen molar-refractivity contribution >= 4 is 0 Å². The Bertz CT molecular complexity index is 2510. The lowest BCUT2D eigenvalue weighted by molar-refractivity contribution is 1.09. The summed E-state index contributed by atoms with van der Waals surface area (Å²) in [6, 6.07) is 56.2. The van der Waals surface area contributed by atoms with E-state index >= 15 is 0 Å². The Morgan fingerprint density at radius 1 is 0.167 bits per heavy atom. The number of hydrogen-bond acceptors (Lipinski definition) is 0. The SMILES string of the molecule is CCc1cc(CC)cc(-c2cc(-c3cc(CC)cc(CC)c3)cc(-c3cc(CC)cc(CC)c3)c2)c1.Cc1cc(C)cc(-c2cc(-c3cc(C)cc(C)c3)cc(-c3cc(C)cc(C)c3)c2)c1. The molecule has 0 aliphatic heterocycles. The summed E-state index contributed by atoms with van der Waals surface area (Å²) in [7, 11) is 0. The smallest absolute Gasteiger partial charge is 0.0171 e. The third-order valence-corrected chi connectivity index (χ3v) is 13.1. The van der Waals surface area contributed by atoms with Crippen LogP contribution in [-0.4, -0.2) is 0 Å². The van der Waals surface area contributed by atoms with Gasteiger partial charge in [-0.25, -0.2) is 0 Å². The van der Waals surface area contributed by atoms with E-state index in [0.29, 0.717) is 0 Å². The molecule has 0 saturated heterocycles. The fourth-order valence-corrected chi connectivity index (χ4v) is 9.69. The molecule has 0 aliphatic carbocycles. The minimum absolute atomic E-state index is 1.06. The molecule has 0 aromatic heterocycles. The van der Waals surface area contributed by atoms with Crippen LogP contribution in [0, 0.1) is 41.5 Å². The molecule has 0 nitrogen and oxygen atoms in total. The molecule has 0 heteroatoms. The molecular formula is C66H72. The van der Waals surface area contributed by atoms with Crippen molar-refractivity contribution < 1.29 is 0 Å². The number of rotatable bonds is 12. The summed E-state index contributed by atoms with van der Waals surface area (Å²) in [5.74, 6) is 0. The predicted molar refractivity (Wildman–Crippen MR) is 290 cm³/mol. The van der Waals surface area contributed by atoms with Gasteiger partial charge in [0.25, 0.3) is 0 Å². The van der Waals surface area contributed by atoms with E-state index in [1.165, 1.54) is 134 Å². The fraction of sp³-hybridized carbons (Fsp3) is 0.273. The maximum Gasteiger partial charge on any atom is -0.0171 e. The van der Waals surface area contributed by atoms with Crippen LogP contribution in [0.15, 0.2) is 146 Å². The molecule has 0 N–H and O–H groups in total. The van der Waals surface area contributed by atoms with E-state index < -0.39 is 0 Å². The quantitative estimate of drug-likeness (QED) is 0.115. The van der Waals surface area contributed by atoms with Crippen molar-refractivity contribution in [1.29, 1.82) is 0 Å². The third-order valence-electron chi connectivity index (χ3n) is 13.1. The van der Waals surface area contributed by atoms with Crippen LogP contribution in [0.2, 0.25) is 0 Å². The van der Waals surface area contributed by atoms with E-state index in [-0.39, 0.29) is 0 Å². The van der Waals surface area contributed by atoms with Crippen molar-refractivity contribution in [3.63, 3.8) is 0 Å². The van der Waals surface area contributed by atoms with Gasteiger partial charge in [-0.3, -0.25) is 0 Å². The van der Waals surface area contributed by atoms with Crippen LogP contribution in [0.25, 0.3) is 66.8 Å². The second kappa shape index (κ2) is 21.4. The van der Waals surface area contributed by atoms with E-state index in [1.54, 1.807) is 0 Å². The Labute approximate surface area is 398 Å². The maximum absolute atomic E-state index is 2.41. The highest BCUT2D eigenvalue weighted by atomic mass is 14.2. The second-order valence-corrected chi connectivity index (χ2v) is 19.0. The molecule has 0 atom stereocenters. The standard InChI is InChI=1S/C36H42.C30H30/c1-7-25-13-26(8-2)17-31(16-25)34-22-35(32-18-27(9-3)14-28(10-4)19-32)24-36(23-34)33-20-29(11-5)15-30(12-6)21-33;1-19-7-20(2)11-25(10-19)28-16-29(26-12-21(3)8-22(4)13-26)18-30(17-28)27-14-23(5)9-24(6)15-27/h13-24H,7-12H2,1-6H3;7-18H,1-6H3. The highest BCUT2D eigenvalue weighted by molar-refractivity contribution is 5.84. The Balaban J connectivity index is 0.000000199. The van der Waals surface area contributed by atoms with Gasteiger partial charge in [-0.05, 0) is 217 Å². The van der Waals surface area contributed by atoms with Crippen molar-refractivity contribution in [2.24, 2.45) is 0 Å². The van der Waals surface area contributed by atoms with E-state index in [2.05, 4.69) is 229 Å². The van der Waals surface area contributed by atoms with Crippen molar-refractivity contribution in [2.45, 2.75) is 122 Å². The van der Waals surface area contributed by atoms with Crippen LogP contribution in [0.3, 0.4) is 0 Å². The lowest BCUT2D eigenvalue weighted by Crippen LogP contribution is -1.93. The number of aryl methyl sites for hydroxylation is 12. The Morgan fingerprint density at radius 3 is 0.455 bits per heavy atom. The molecule has 66 heavy (non-hydrogen) atoms. The topological polar surface area (TPSA) is 0 Å². The van der Waals surface area contributed by atoms with Crippen molar-refractivity contribution in [1.82, 2.24) is 0 Å². The largest absolute Gasteiger partial charge is 0.0613 e. The van der Waals surface area contributed by atoms with E-state index in [9.17, 15) is 0 Å². The Morgan fingerprint density at radius 2 is 0.303 bits per heavy atom. The predicted octanol–water partition coefficient (Wildman–Crippen LogP) is 18.6. The molecule has 8 aromatic carbocycles. The molecule has 0 amide bonds. The monoisotopic (exact) mass is 865 g/mol. The zero-order chi connectivity index (χ0) is 47.1. The number of hydrogen-bond donors (Lipinski definition) is 0. The Kier molecular flexibility index (Phi) is 15.5. The molecule has 0 radical (unpaired) electrons. The van der Waals surface area contributed by atoms with Gasteiger partial charge in [0, 0.05) is 0 Å². The maximum atomic E-state index is 2.41. The first kappa shape index (κ1) is 47.7. The molecule has 336 valence electrons. The van der Waals surface area contributed by atoms with E-state index in [4.69, 9.17) is 0 Å². The molecule has 8 rings (SSSR count). The first-order valence-electron chi connectivity index (χ1n) is 24.7. The molecule has 0 aliphatic rings. The molecule has 0 saturated carbocycles. The van der Waals surface area contributed by atoms with Crippen molar-refractivity contribution in [2.75, 3.05) is 0 Å². The molecular weight excluding hydrogens is 793 g/mol. The van der Waals surface area contributed by atoms with Crippen LogP contribution >= 0.6 is 0 Å². The summed E-state index contributed by atoms with van der Waals surface area (Å²) < 4.78 is 0. The normalized spacial score (nSPS) is 11.1. The molecule has 0 spiro atoms. The summed E-state index contributed by atoms with van der Waals surface area (Å²) >= 11 is 0. The zero-order valence-corrected chi connectivity index (χ0v) is 42.1. The molecule has 8 aromatic rings. The van der Waals surface area contributed by atoms with Crippen molar-refractivity contribution in [3.8, 4) is 66.8 Å². The fourth-order valence-electron chi connectivity index (χ4n) is 9.69. The summed E-state index contributed by atoms with van der Waals surface area (Å²) in [5.41, 5.74) is 31.9. The number of benzene rings is 8. The lowest BCUT2D eigenvalue weighted by Gasteiger charge is -2.16. The minimum Gasteiger partial charge on any atom is -0.0613 e. The van der Waals surface area contributed by atoms with Gasteiger partial charge in [0.1, 0.15) is 0 Å². The van der Waals surface area contributed by atoms with E-state index in [1.807, 2.05) is 0 Å². The average molecular weight is 865 g/mol. The van der Waals surface area contributed by atoms with Gasteiger partial charge in [0.15, 0.2) is 0 Å². The highest BCUT2D eigenvalue weighted by Gasteiger charge is 2.13. The van der Waals surface area contributed by atoms with Gasteiger partial charge in [-0.15, -0.1) is 0 Å². The summed E-state index contributed by atoms with van der Waals surface area (Å²) in [5, 5.41) is 0. The van der Waals surface area contributed by atoms with Crippen LogP contribution < -0.4 is 0 Å². The first-order valence-corrected chi connectivity index (χ1v) is 24.7. The van der Waals surface area contributed by atoms with Gasteiger partial charge in [-0.2, -0.15) is 0 Å².